The molecule has 0 unspecified atom stereocenters. The molecule has 0 saturated heterocycles. The van der Waals surface area contributed by atoms with Crippen molar-refractivity contribution in [3.63, 3.8) is 0 Å². The maximum atomic E-state index is 11.9. The summed E-state index contributed by atoms with van der Waals surface area (Å²) in [4.78, 5) is 37.1. The number of nitrogens with zero attached hydrogens (tertiary/aromatic N) is 1. The first-order chi connectivity index (χ1) is 8.88. The third kappa shape index (κ3) is 5.56. The second-order valence-electron chi connectivity index (χ2n) is 4.50. The van der Waals surface area contributed by atoms with Crippen LogP contribution in [0, 0.1) is 5.92 Å². The van der Waals surface area contributed by atoms with Gasteiger partial charge in [0.1, 0.15) is 6.54 Å². The van der Waals surface area contributed by atoms with Crippen LogP contribution in [0.5, 0.6) is 0 Å². The zero-order valence-corrected chi connectivity index (χ0v) is 11.6. The van der Waals surface area contributed by atoms with Crippen molar-refractivity contribution in [2.75, 3.05) is 13.1 Å². The Morgan fingerprint density at radius 3 is 2.68 bits per heavy atom. The number of rotatable bonds is 6. The maximum Gasteiger partial charge on any atom is 0.323 e. The van der Waals surface area contributed by atoms with Gasteiger partial charge in [-0.15, -0.1) is 0 Å². The number of hydrogen-bond donors (Lipinski definition) is 3. The molecule has 8 heteroatoms. The molecule has 2 amide bonds. The number of aliphatic carboxylic acids is 1. The Labute approximate surface area is 114 Å². The van der Waals surface area contributed by atoms with E-state index in [1.165, 1.54) is 4.90 Å². The van der Waals surface area contributed by atoms with Crippen LogP contribution in [0.1, 0.15) is 19.5 Å². The first kappa shape index (κ1) is 15.2. The number of H-pyrrole nitrogens is 1. The number of amides is 2. The normalized spacial score (nSPS) is 10.5. The lowest BCUT2D eigenvalue weighted by Gasteiger charge is -2.22. The van der Waals surface area contributed by atoms with E-state index in [1.54, 1.807) is 5.38 Å². The molecule has 3 N–H and O–H groups in total. The number of thiazole rings is 1. The van der Waals surface area contributed by atoms with Crippen LogP contribution in [0.2, 0.25) is 0 Å². The highest BCUT2D eigenvalue weighted by Crippen LogP contribution is 2.01. The molecule has 1 rings (SSSR count). The number of carboxylic acid groups (broad SMARTS) is 1. The van der Waals surface area contributed by atoms with Gasteiger partial charge in [0.25, 0.3) is 0 Å². The first-order valence-corrected chi connectivity index (χ1v) is 6.67. The minimum Gasteiger partial charge on any atom is -0.480 e. The monoisotopic (exact) mass is 287 g/mol. The molecule has 0 fully saturated rings. The molecule has 0 saturated carbocycles. The van der Waals surface area contributed by atoms with Crippen LogP contribution >= 0.6 is 11.3 Å². The number of aromatic nitrogens is 1. The van der Waals surface area contributed by atoms with Gasteiger partial charge in [-0.2, -0.15) is 0 Å². The van der Waals surface area contributed by atoms with Crippen molar-refractivity contribution in [3.05, 3.63) is 20.7 Å². The van der Waals surface area contributed by atoms with Crippen molar-refractivity contribution in [2.45, 2.75) is 20.4 Å². The van der Waals surface area contributed by atoms with Crippen molar-refractivity contribution in [1.82, 2.24) is 15.2 Å². The lowest BCUT2D eigenvalue weighted by molar-refractivity contribution is -0.137. The summed E-state index contributed by atoms with van der Waals surface area (Å²) >= 11 is 1.02. The van der Waals surface area contributed by atoms with Gasteiger partial charge in [0.15, 0.2) is 0 Å². The van der Waals surface area contributed by atoms with E-state index in [0.717, 1.165) is 11.3 Å². The van der Waals surface area contributed by atoms with E-state index in [1.807, 2.05) is 13.8 Å². The fourth-order valence-electron chi connectivity index (χ4n) is 1.51. The van der Waals surface area contributed by atoms with Gasteiger partial charge in [0.05, 0.1) is 6.54 Å². The number of carbonyl (C=O) groups is 2. The summed E-state index contributed by atoms with van der Waals surface area (Å²) in [7, 11) is 0. The van der Waals surface area contributed by atoms with Gasteiger partial charge in [0.2, 0.25) is 0 Å². The number of aromatic amines is 1. The molecule has 0 bridgehead atoms. The van der Waals surface area contributed by atoms with Crippen LogP contribution in [-0.2, 0) is 11.3 Å². The van der Waals surface area contributed by atoms with E-state index in [0.29, 0.717) is 12.2 Å². The molecular weight excluding hydrogens is 270 g/mol. The van der Waals surface area contributed by atoms with E-state index in [4.69, 9.17) is 5.11 Å². The predicted octanol–water partition coefficient (Wildman–Crippen LogP) is 0.689. The summed E-state index contributed by atoms with van der Waals surface area (Å²) in [6.45, 7) is 3.99. The minimum absolute atomic E-state index is 0.172. The highest BCUT2D eigenvalue weighted by atomic mass is 32.1. The topological polar surface area (TPSA) is 102 Å². The fourth-order valence-corrected chi connectivity index (χ4v) is 2.09. The molecule has 7 nitrogen and oxygen atoms in total. The Morgan fingerprint density at radius 2 is 2.21 bits per heavy atom. The van der Waals surface area contributed by atoms with E-state index >= 15 is 0 Å². The van der Waals surface area contributed by atoms with Gasteiger partial charge in [0, 0.05) is 17.6 Å². The minimum atomic E-state index is -1.06. The Balaban J connectivity index is 2.55. The van der Waals surface area contributed by atoms with Gasteiger partial charge >= 0.3 is 16.9 Å². The van der Waals surface area contributed by atoms with E-state index in [9.17, 15) is 14.4 Å². The smallest absolute Gasteiger partial charge is 0.323 e. The molecule has 0 radical (unpaired) electrons. The summed E-state index contributed by atoms with van der Waals surface area (Å²) in [5.41, 5.74) is 0.600. The molecular formula is C11H17N3O4S. The molecule has 1 aromatic rings. The fraction of sp³-hybridized carbons (Fsp3) is 0.545. The number of carboxylic acids is 1. The second-order valence-corrected chi connectivity index (χ2v) is 5.34. The summed E-state index contributed by atoms with van der Waals surface area (Å²) in [6, 6.07) is -0.455. The van der Waals surface area contributed by atoms with Crippen LogP contribution < -0.4 is 10.2 Å². The lowest BCUT2D eigenvalue weighted by atomic mass is 10.2. The maximum absolute atomic E-state index is 11.9. The number of nitrogens with one attached hydrogen (secondary N) is 2. The van der Waals surface area contributed by atoms with E-state index in [2.05, 4.69) is 10.3 Å². The first-order valence-electron chi connectivity index (χ1n) is 5.79. The standard InChI is InChI=1S/C11H17N3O4S/c1-7(2)4-14(5-9(15)16)10(17)12-3-8-6-19-11(18)13-8/h6-7H,3-5H2,1-2H3,(H,12,17)(H,13,18)(H,15,16). The van der Waals surface area contributed by atoms with Crippen LogP contribution in [0.15, 0.2) is 10.2 Å². The van der Waals surface area contributed by atoms with E-state index in [-0.39, 0.29) is 23.9 Å². The van der Waals surface area contributed by atoms with E-state index < -0.39 is 12.0 Å². The average molecular weight is 287 g/mol. The lowest BCUT2D eigenvalue weighted by Crippen LogP contribution is -2.44. The zero-order valence-electron chi connectivity index (χ0n) is 10.8. The number of carbonyl (C=O) groups excluding carboxylic acids is 1. The van der Waals surface area contributed by atoms with Crippen LogP contribution in [0.3, 0.4) is 0 Å². The van der Waals surface area contributed by atoms with Crippen molar-refractivity contribution in [3.8, 4) is 0 Å². The van der Waals surface area contributed by atoms with Crippen molar-refractivity contribution in [1.29, 1.82) is 0 Å². The number of urea groups is 1. The molecule has 19 heavy (non-hydrogen) atoms. The third-order valence-electron chi connectivity index (χ3n) is 2.20. The summed E-state index contributed by atoms with van der Waals surface area (Å²) < 4.78 is 0. The molecule has 0 spiro atoms. The SMILES string of the molecule is CC(C)CN(CC(=O)O)C(=O)NCc1csc(=O)[nH]1. The molecule has 0 aliphatic heterocycles. The zero-order chi connectivity index (χ0) is 14.4. The molecule has 1 aromatic heterocycles. The van der Waals surface area contributed by atoms with Crippen LogP contribution in [-0.4, -0.2) is 40.1 Å². The molecule has 0 aliphatic rings. The molecule has 0 atom stereocenters. The van der Waals surface area contributed by atoms with Crippen molar-refractivity contribution < 1.29 is 14.7 Å². The second kappa shape index (κ2) is 6.93. The molecule has 0 aliphatic carbocycles. The summed E-state index contributed by atoms with van der Waals surface area (Å²) in [6.07, 6.45) is 0. The van der Waals surface area contributed by atoms with Gasteiger partial charge in [-0.05, 0) is 5.92 Å². The Morgan fingerprint density at radius 1 is 1.53 bits per heavy atom. The molecule has 106 valence electrons. The van der Waals surface area contributed by atoms with Gasteiger partial charge in [-0.3, -0.25) is 9.59 Å². The molecule has 0 aromatic carbocycles. The van der Waals surface area contributed by atoms with Gasteiger partial charge in [-0.25, -0.2) is 4.79 Å². The Bertz CT molecular complexity index is 494. The quantitative estimate of drug-likeness (QED) is 0.716. The van der Waals surface area contributed by atoms with Crippen molar-refractivity contribution in [2.24, 2.45) is 5.92 Å². The third-order valence-corrected chi connectivity index (χ3v) is 2.92. The van der Waals surface area contributed by atoms with Gasteiger partial charge < -0.3 is 20.3 Å². The van der Waals surface area contributed by atoms with Crippen molar-refractivity contribution >= 4 is 23.3 Å². The largest absolute Gasteiger partial charge is 0.480 e. The predicted molar refractivity (Wildman–Crippen MR) is 71.2 cm³/mol. The highest BCUT2D eigenvalue weighted by molar-refractivity contribution is 7.07. The average Bonchev–Trinajstić information content (AvgIpc) is 2.70. The Hall–Kier alpha value is -1.83. The highest BCUT2D eigenvalue weighted by Gasteiger charge is 2.17. The van der Waals surface area contributed by atoms with Crippen LogP contribution in [0.25, 0.3) is 0 Å². The summed E-state index contributed by atoms with van der Waals surface area (Å²) in [5.74, 6) is -0.884. The summed E-state index contributed by atoms with van der Waals surface area (Å²) in [5, 5.41) is 13.0. The van der Waals surface area contributed by atoms with Gasteiger partial charge in [-0.1, -0.05) is 25.2 Å². The molecule has 1 heterocycles. The van der Waals surface area contributed by atoms with Crippen LogP contribution in [0.4, 0.5) is 4.79 Å². The number of hydrogen-bond acceptors (Lipinski definition) is 4. The Kier molecular flexibility index (Phi) is 5.56.